The van der Waals surface area contributed by atoms with Crippen molar-refractivity contribution in [3.8, 4) is 16.9 Å². The molecule has 0 radical (unpaired) electrons. The third kappa shape index (κ3) is 3.56. The van der Waals surface area contributed by atoms with E-state index in [1.54, 1.807) is 25.4 Å². The number of rotatable bonds is 4. The molecule has 0 aliphatic carbocycles. The minimum Gasteiger partial charge on any atom is -0.322 e. The van der Waals surface area contributed by atoms with Crippen LogP contribution in [0.15, 0.2) is 73.1 Å². The first kappa shape index (κ1) is 19.4. The van der Waals surface area contributed by atoms with Crippen molar-refractivity contribution in [2.24, 2.45) is 0 Å². The minimum atomic E-state index is -0.507. The lowest BCUT2D eigenvalue weighted by Gasteiger charge is -2.12. The fraction of sp³-hybridized carbons (Fsp3) is 0.0435. The molecule has 1 N–H and O–H groups in total. The van der Waals surface area contributed by atoms with E-state index >= 15 is 0 Å². The van der Waals surface area contributed by atoms with E-state index < -0.39 is 5.82 Å². The average Bonchev–Trinajstić information content (AvgIpc) is 3.25. The number of benzene rings is 2. The fourth-order valence-corrected chi connectivity index (χ4v) is 3.44. The molecule has 0 bridgehead atoms. The summed E-state index contributed by atoms with van der Waals surface area (Å²) in [6.07, 6.45) is 3.35. The van der Waals surface area contributed by atoms with Crippen molar-refractivity contribution in [2.75, 3.05) is 5.32 Å². The van der Waals surface area contributed by atoms with Crippen LogP contribution in [0.5, 0.6) is 0 Å². The zero-order valence-electron chi connectivity index (χ0n) is 16.9. The Balaban J connectivity index is 1.55. The number of hydrogen-bond acceptors (Lipinski definition) is 6. The number of para-hydroxylation sites is 1. The normalized spacial score (nSPS) is 10.9. The summed E-state index contributed by atoms with van der Waals surface area (Å²) in [5, 5.41) is 14.7. The predicted molar refractivity (Wildman–Crippen MR) is 117 cm³/mol. The molecule has 0 saturated carbocycles. The van der Waals surface area contributed by atoms with Crippen LogP contribution in [0.25, 0.3) is 27.8 Å². The first-order chi connectivity index (χ1) is 15.6. The maximum Gasteiger partial charge on any atom is 0.256 e. The second-order valence-corrected chi connectivity index (χ2v) is 7.07. The summed E-state index contributed by atoms with van der Waals surface area (Å²) < 4.78 is 15.7. The summed E-state index contributed by atoms with van der Waals surface area (Å²) in [7, 11) is 0. The number of halogens is 1. The van der Waals surface area contributed by atoms with E-state index in [0.29, 0.717) is 33.7 Å². The van der Waals surface area contributed by atoms with Crippen LogP contribution >= 0.6 is 0 Å². The molecule has 0 unspecified atom stereocenters. The fourth-order valence-electron chi connectivity index (χ4n) is 3.44. The summed E-state index contributed by atoms with van der Waals surface area (Å²) in [6, 6.07) is 17.1. The van der Waals surface area contributed by atoms with Crippen molar-refractivity contribution >= 4 is 22.5 Å². The van der Waals surface area contributed by atoms with Crippen molar-refractivity contribution in [3.05, 3.63) is 90.3 Å². The minimum absolute atomic E-state index is 0.141. The molecular formula is C23H16FN7O. The van der Waals surface area contributed by atoms with Crippen LogP contribution in [-0.2, 0) is 0 Å². The molecule has 0 atom stereocenters. The molecule has 0 fully saturated rings. The Morgan fingerprint density at radius 1 is 1.03 bits per heavy atom. The highest BCUT2D eigenvalue weighted by Gasteiger charge is 2.16. The predicted octanol–water partition coefficient (Wildman–Crippen LogP) is 3.97. The van der Waals surface area contributed by atoms with E-state index in [1.165, 1.54) is 22.9 Å². The van der Waals surface area contributed by atoms with Gasteiger partial charge >= 0.3 is 0 Å². The largest absolute Gasteiger partial charge is 0.322 e. The van der Waals surface area contributed by atoms with Crippen molar-refractivity contribution in [2.45, 2.75) is 6.92 Å². The Hall–Kier alpha value is -4.53. The Morgan fingerprint density at radius 2 is 1.84 bits per heavy atom. The Labute approximate surface area is 181 Å². The van der Waals surface area contributed by atoms with Gasteiger partial charge < -0.3 is 5.32 Å². The van der Waals surface area contributed by atoms with E-state index in [1.807, 2.05) is 36.4 Å². The number of hydrogen-bond donors (Lipinski definition) is 1. The van der Waals surface area contributed by atoms with Crippen LogP contribution in [0.3, 0.4) is 0 Å². The summed E-state index contributed by atoms with van der Waals surface area (Å²) in [5.74, 6) is -0.424. The lowest BCUT2D eigenvalue weighted by molar-refractivity contribution is 0.102. The summed E-state index contributed by atoms with van der Waals surface area (Å²) in [5.41, 5.74) is 3.19. The highest BCUT2D eigenvalue weighted by molar-refractivity contribution is 6.13. The van der Waals surface area contributed by atoms with Crippen LogP contribution in [0.4, 0.5) is 10.1 Å². The van der Waals surface area contributed by atoms with Crippen LogP contribution < -0.4 is 5.32 Å². The molecule has 3 heterocycles. The molecule has 0 saturated heterocycles. The second kappa shape index (κ2) is 7.95. The van der Waals surface area contributed by atoms with Gasteiger partial charge in [-0.05, 0) is 59.8 Å². The maximum atomic E-state index is 14.4. The summed E-state index contributed by atoms with van der Waals surface area (Å²) in [4.78, 5) is 22.0. The van der Waals surface area contributed by atoms with Gasteiger partial charge in [0.1, 0.15) is 11.5 Å². The Bertz CT molecular complexity index is 1450. The van der Waals surface area contributed by atoms with E-state index in [2.05, 4.69) is 30.8 Å². The number of anilines is 1. The monoisotopic (exact) mass is 425 g/mol. The SMILES string of the molecule is Cc1nnnn1-c1cc(NC(=O)c2cc(-c3ccncc3)nc3ccccc23)ccc1F. The van der Waals surface area contributed by atoms with Crippen LogP contribution in [-0.4, -0.2) is 36.1 Å². The topological polar surface area (TPSA) is 98.5 Å². The molecule has 0 aliphatic heterocycles. The molecule has 1 amide bonds. The first-order valence-electron chi connectivity index (χ1n) is 9.76. The number of fused-ring (bicyclic) bond motifs is 1. The van der Waals surface area contributed by atoms with Gasteiger partial charge in [-0.3, -0.25) is 9.78 Å². The van der Waals surface area contributed by atoms with Gasteiger partial charge in [0.15, 0.2) is 5.82 Å². The highest BCUT2D eigenvalue weighted by atomic mass is 19.1. The smallest absolute Gasteiger partial charge is 0.256 e. The van der Waals surface area contributed by atoms with Gasteiger partial charge in [-0.25, -0.2) is 9.37 Å². The molecule has 0 spiro atoms. The van der Waals surface area contributed by atoms with Crippen molar-refractivity contribution in [1.82, 2.24) is 30.2 Å². The van der Waals surface area contributed by atoms with Gasteiger partial charge in [-0.2, -0.15) is 4.68 Å². The number of tetrazole rings is 1. The van der Waals surface area contributed by atoms with Crippen LogP contribution in [0.1, 0.15) is 16.2 Å². The third-order valence-electron chi connectivity index (χ3n) is 4.99. The zero-order chi connectivity index (χ0) is 22.1. The standard InChI is InChI=1S/C23H16FN7O/c1-14-28-29-30-31(14)22-12-16(6-7-19(22)24)26-23(32)18-13-21(15-8-10-25-11-9-15)27-20-5-3-2-4-17(18)20/h2-13H,1H3,(H,26,32). The first-order valence-corrected chi connectivity index (χ1v) is 9.76. The van der Waals surface area contributed by atoms with E-state index in [0.717, 1.165) is 5.56 Å². The molecule has 8 nitrogen and oxygen atoms in total. The second-order valence-electron chi connectivity index (χ2n) is 7.07. The average molecular weight is 425 g/mol. The number of nitrogens with one attached hydrogen (secondary N) is 1. The van der Waals surface area contributed by atoms with E-state index in [-0.39, 0.29) is 11.6 Å². The molecule has 0 aliphatic rings. The number of aromatic nitrogens is 6. The van der Waals surface area contributed by atoms with Gasteiger partial charge in [0.2, 0.25) is 0 Å². The molecule has 9 heteroatoms. The lowest BCUT2D eigenvalue weighted by atomic mass is 10.0. The molecule has 3 aromatic heterocycles. The van der Waals surface area contributed by atoms with Gasteiger partial charge in [-0.1, -0.05) is 18.2 Å². The van der Waals surface area contributed by atoms with Gasteiger partial charge in [0, 0.05) is 29.0 Å². The number of pyridine rings is 2. The molecule has 5 rings (SSSR count). The van der Waals surface area contributed by atoms with Gasteiger partial charge in [0.25, 0.3) is 5.91 Å². The van der Waals surface area contributed by atoms with Gasteiger partial charge in [-0.15, -0.1) is 5.10 Å². The van der Waals surface area contributed by atoms with Crippen LogP contribution in [0.2, 0.25) is 0 Å². The summed E-state index contributed by atoms with van der Waals surface area (Å²) in [6.45, 7) is 1.66. The van der Waals surface area contributed by atoms with Crippen molar-refractivity contribution in [1.29, 1.82) is 0 Å². The maximum absolute atomic E-state index is 14.4. The highest BCUT2D eigenvalue weighted by Crippen LogP contribution is 2.26. The number of carbonyl (C=O) groups excluding carboxylic acids is 1. The molecule has 5 aromatic rings. The number of aryl methyl sites for hydroxylation is 1. The quantitative estimate of drug-likeness (QED) is 0.468. The van der Waals surface area contributed by atoms with E-state index in [9.17, 15) is 9.18 Å². The molecule has 2 aromatic carbocycles. The number of amides is 1. The van der Waals surface area contributed by atoms with E-state index in [4.69, 9.17) is 0 Å². The number of nitrogens with zero attached hydrogens (tertiary/aromatic N) is 6. The summed E-state index contributed by atoms with van der Waals surface area (Å²) >= 11 is 0. The van der Waals surface area contributed by atoms with Crippen molar-refractivity contribution < 1.29 is 9.18 Å². The molecule has 156 valence electrons. The molecule has 32 heavy (non-hydrogen) atoms. The lowest BCUT2D eigenvalue weighted by Crippen LogP contribution is -2.14. The Kier molecular flexibility index (Phi) is 4.83. The Morgan fingerprint density at radius 3 is 2.62 bits per heavy atom. The molecular weight excluding hydrogens is 409 g/mol. The third-order valence-corrected chi connectivity index (χ3v) is 4.99. The van der Waals surface area contributed by atoms with Crippen molar-refractivity contribution in [3.63, 3.8) is 0 Å². The van der Waals surface area contributed by atoms with Gasteiger partial charge in [0.05, 0.1) is 16.8 Å². The zero-order valence-corrected chi connectivity index (χ0v) is 16.9. The van der Waals surface area contributed by atoms with Crippen LogP contribution in [0, 0.1) is 12.7 Å². The number of carbonyl (C=O) groups is 1.